The molecule has 0 aliphatic carbocycles. The fourth-order valence-electron chi connectivity index (χ4n) is 3.39. The number of aromatic nitrogens is 2. The van der Waals surface area contributed by atoms with E-state index in [0.29, 0.717) is 23.8 Å². The zero-order valence-corrected chi connectivity index (χ0v) is 17.9. The number of carbonyl (C=O) groups is 1. The Morgan fingerprint density at radius 3 is 2.67 bits per heavy atom. The molecular weight excluding hydrogens is 378 g/mol. The first kappa shape index (κ1) is 21.6. The summed E-state index contributed by atoms with van der Waals surface area (Å²) in [5, 5.41) is 12.6. The molecule has 4 N–H and O–H groups in total. The molecule has 1 unspecified atom stereocenters. The van der Waals surface area contributed by atoms with Crippen LogP contribution in [0, 0.1) is 0 Å². The molecule has 7 nitrogen and oxygen atoms in total. The topological polar surface area (TPSA) is 96.4 Å². The van der Waals surface area contributed by atoms with Gasteiger partial charge < -0.3 is 21.2 Å². The van der Waals surface area contributed by atoms with Gasteiger partial charge in [0.05, 0.1) is 12.3 Å². The average Bonchev–Trinajstić information content (AvgIpc) is 3.04. The molecule has 7 heteroatoms. The number of nitrogens with one attached hydrogen (secondary N) is 1. The summed E-state index contributed by atoms with van der Waals surface area (Å²) in [6.07, 6.45) is 6.57. The lowest BCUT2D eigenvalue weighted by Crippen LogP contribution is -2.36. The monoisotopic (exact) mass is 409 g/mol. The van der Waals surface area contributed by atoms with Crippen LogP contribution in [0.1, 0.15) is 55.4 Å². The van der Waals surface area contributed by atoms with Gasteiger partial charge in [0.25, 0.3) is 5.91 Å². The van der Waals surface area contributed by atoms with Crippen LogP contribution < -0.4 is 11.2 Å². The van der Waals surface area contributed by atoms with E-state index in [0.717, 1.165) is 25.1 Å². The van der Waals surface area contributed by atoms with E-state index >= 15 is 0 Å². The van der Waals surface area contributed by atoms with Gasteiger partial charge in [0, 0.05) is 24.4 Å². The lowest BCUT2D eigenvalue weighted by atomic mass is 9.87. The Morgan fingerprint density at radius 1 is 1.33 bits per heavy atom. The summed E-state index contributed by atoms with van der Waals surface area (Å²) >= 11 is 0. The van der Waals surface area contributed by atoms with Gasteiger partial charge in [-0.2, -0.15) is 0 Å². The van der Waals surface area contributed by atoms with E-state index in [9.17, 15) is 9.90 Å². The van der Waals surface area contributed by atoms with Crippen molar-refractivity contribution < 1.29 is 9.90 Å². The minimum atomic E-state index is -0.320. The van der Waals surface area contributed by atoms with Crippen molar-refractivity contribution in [1.82, 2.24) is 14.6 Å². The predicted molar refractivity (Wildman–Crippen MR) is 120 cm³/mol. The molecule has 1 aromatic carbocycles. The highest BCUT2D eigenvalue weighted by molar-refractivity contribution is 6.03. The van der Waals surface area contributed by atoms with Crippen LogP contribution in [0.25, 0.3) is 6.08 Å². The highest BCUT2D eigenvalue weighted by Gasteiger charge is 2.18. The Labute approximate surface area is 177 Å². The van der Waals surface area contributed by atoms with Crippen molar-refractivity contribution in [3.8, 4) is 0 Å². The molecule has 0 saturated carbocycles. The van der Waals surface area contributed by atoms with Gasteiger partial charge in [-0.1, -0.05) is 39.5 Å². The van der Waals surface area contributed by atoms with Crippen LogP contribution in [0.5, 0.6) is 0 Å². The molecule has 1 aliphatic rings. The molecule has 1 aromatic heterocycles. The number of hydrogen-bond donors (Lipinski definition) is 3. The van der Waals surface area contributed by atoms with Crippen molar-refractivity contribution in [1.29, 1.82) is 0 Å². The molecular formula is C23H31N5O2. The molecule has 1 atom stereocenters. The van der Waals surface area contributed by atoms with Gasteiger partial charge in [0.1, 0.15) is 0 Å². The molecule has 0 radical (unpaired) electrons. The number of nitrogens with zero attached hydrogens (tertiary/aromatic N) is 3. The molecule has 0 bridgehead atoms. The highest BCUT2D eigenvalue weighted by Crippen LogP contribution is 2.22. The normalized spacial score (nSPS) is 17.3. The Bertz CT molecular complexity index is 937. The number of aliphatic hydroxyl groups excluding tert-OH is 1. The standard InChI is InChI=1S/C23H31N5O2/c1-16(27-13-5-6-19(29)14-27)7-12-21-25-20(15-28(21)24)26-22(30)17-8-10-18(11-9-17)23(2,3)4/h7-12,15,19,29H,1,5-6,13-14,24H2,2-4H3,(H,26,30)/b12-7-. The summed E-state index contributed by atoms with van der Waals surface area (Å²) in [4.78, 5) is 18.9. The SMILES string of the molecule is C=C(/C=C\c1nc(NC(=O)c2ccc(C(C)(C)C)cc2)cn1N)N1CCCC(O)C1. The molecule has 1 saturated heterocycles. The summed E-state index contributed by atoms with van der Waals surface area (Å²) in [5.41, 5.74) is 2.55. The second-order valence-corrected chi connectivity index (χ2v) is 8.74. The van der Waals surface area contributed by atoms with Gasteiger partial charge in [-0.25, -0.2) is 9.66 Å². The minimum absolute atomic E-state index is 0.0326. The minimum Gasteiger partial charge on any atom is -0.391 e. The van der Waals surface area contributed by atoms with Crippen molar-refractivity contribution in [3.63, 3.8) is 0 Å². The van der Waals surface area contributed by atoms with E-state index in [1.807, 2.05) is 35.2 Å². The van der Waals surface area contributed by atoms with E-state index < -0.39 is 0 Å². The average molecular weight is 410 g/mol. The van der Waals surface area contributed by atoms with E-state index in [1.54, 1.807) is 12.3 Å². The summed E-state index contributed by atoms with van der Waals surface area (Å²) in [7, 11) is 0. The van der Waals surface area contributed by atoms with Gasteiger partial charge in [-0.05, 0) is 48.1 Å². The van der Waals surface area contributed by atoms with Crippen LogP contribution in [-0.2, 0) is 5.41 Å². The molecule has 30 heavy (non-hydrogen) atoms. The molecule has 1 amide bonds. The van der Waals surface area contributed by atoms with Crippen molar-refractivity contribution in [2.45, 2.75) is 45.1 Å². The van der Waals surface area contributed by atoms with Crippen LogP contribution in [0.3, 0.4) is 0 Å². The summed E-state index contributed by atoms with van der Waals surface area (Å²) < 4.78 is 1.35. The maximum Gasteiger partial charge on any atom is 0.256 e. The number of carbonyl (C=O) groups excluding carboxylic acids is 1. The maximum absolute atomic E-state index is 12.5. The Balaban J connectivity index is 1.64. The van der Waals surface area contributed by atoms with Crippen molar-refractivity contribution in [3.05, 3.63) is 65.8 Å². The number of amides is 1. The van der Waals surface area contributed by atoms with E-state index in [-0.39, 0.29) is 17.4 Å². The van der Waals surface area contributed by atoms with Crippen molar-refractivity contribution in [2.75, 3.05) is 24.2 Å². The number of nitrogen functional groups attached to an aromatic ring is 1. The highest BCUT2D eigenvalue weighted by atomic mass is 16.3. The van der Waals surface area contributed by atoms with Crippen LogP contribution in [0.15, 0.2) is 48.8 Å². The van der Waals surface area contributed by atoms with Crippen molar-refractivity contribution >= 4 is 17.8 Å². The van der Waals surface area contributed by atoms with Crippen LogP contribution >= 0.6 is 0 Å². The van der Waals surface area contributed by atoms with Gasteiger partial charge in [-0.15, -0.1) is 0 Å². The third-order valence-corrected chi connectivity index (χ3v) is 5.24. The Hall–Kier alpha value is -3.06. The van der Waals surface area contributed by atoms with Crippen LogP contribution in [0.2, 0.25) is 0 Å². The number of imidazole rings is 1. The first-order valence-electron chi connectivity index (χ1n) is 10.2. The predicted octanol–water partition coefficient (Wildman–Crippen LogP) is 3.13. The van der Waals surface area contributed by atoms with Gasteiger partial charge >= 0.3 is 0 Å². The third kappa shape index (κ3) is 5.30. The number of benzene rings is 1. The smallest absolute Gasteiger partial charge is 0.256 e. The first-order chi connectivity index (χ1) is 14.1. The number of β-amino-alcohol motifs (C(OH)–C–C–N with tert-alkyl or cyclic N) is 1. The maximum atomic E-state index is 12.5. The molecule has 2 heterocycles. The summed E-state index contributed by atoms with van der Waals surface area (Å²) in [6.45, 7) is 11.9. The number of aliphatic hydroxyl groups is 1. The second kappa shape index (κ2) is 8.75. The molecule has 0 spiro atoms. The van der Waals surface area contributed by atoms with E-state index in [1.165, 1.54) is 10.2 Å². The first-order valence-corrected chi connectivity index (χ1v) is 10.2. The number of piperidine rings is 1. The largest absolute Gasteiger partial charge is 0.391 e. The van der Waals surface area contributed by atoms with Crippen LogP contribution in [0.4, 0.5) is 5.82 Å². The number of hydrogen-bond acceptors (Lipinski definition) is 5. The molecule has 3 rings (SSSR count). The molecule has 1 aliphatic heterocycles. The van der Waals surface area contributed by atoms with Gasteiger partial charge in [0.2, 0.25) is 0 Å². The fraction of sp³-hybridized carbons (Fsp3) is 0.391. The quantitative estimate of drug-likeness (QED) is 0.521. The lowest BCUT2D eigenvalue weighted by Gasteiger charge is -2.32. The lowest BCUT2D eigenvalue weighted by molar-refractivity contribution is 0.0901. The van der Waals surface area contributed by atoms with E-state index in [4.69, 9.17) is 5.84 Å². The molecule has 1 fully saturated rings. The molecule has 2 aromatic rings. The summed E-state index contributed by atoms with van der Waals surface area (Å²) in [6, 6.07) is 7.56. The zero-order chi connectivity index (χ0) is 21.9. The Morgan fingerprint density at radius 2 is 2.03 bits per heavy atom. The van der Waals surface area contributed by atoms with Gasteiger partial charge in [-0.3, -0.25) is 4.79 Å². The van der Waals surface area contributed by atoms with E-state index in [2.05, 4.69) is 37.7 Å². The van der Waals surface area contributed by atoms with Crippen LogP contribution in [-0.4, -0.2) is 44.8 Å². The fourth-order valence-corrected chi connectivity index (χ4v) is 3.39. The van der Waals surface area contributed by atoms with Gasteiger partial charge in [0.15, 0.2) is 11.6 Å². The number of likely N-dealkylation sites (tertiary alicyclic amines) is 1. The zero-order valence-electron chi connectivity index (χ0n) is 17.9. The number of anilines is 1. The van der Waals surface area contributed by atoms with Crippen molar-refractivity contribution in [2.24, 2.45) is 0 Å². The Kier molecular flexibility index (Phi) is 6.31. The third-order valence-electron chi connectivity index (χ3n) is 5.24. The number of rotatable bonds is 5. The number of nitrogens with two attached hydrogens (primary N) is 1. The second-order valence-electron chi connectivity index (χ2n) is 8.74. The number of allylic oxidation sites excluding steroid dienone is 1. The summed E-state index contributed by atoms with van der Waals surface area (Å²) in [5.74, 6) is 6.61. The molecule has 160 valence electrons.